The number of hydrogen-bond donors (Lipinski definition) is 3. The monoisotopic (exact) mass is 334 g/mol. The third-order valence-electron chi connectivity index (χ3n) is 4.14. The van der Waals surface area contributed by atoms with E-state index >= 15 is 0 Å². The van der Waals surface area contributed by atoms with Crippen LogP contribution in [0.25, 0.3) is 0 Å². The number of carbonyl (C=O) groups is 2. The fourth-order valence-corrected chi connectivity index (χ4v) is 3.01. The number of aliphatic imine (C=N–C) groups is 1. The van der Waals surface area contributed by atoms with Crippen LogP contribution < -0.4 is 0 Å². The maximum absolute atomic E-state index is 10.1. The highest BCUT2D eigenvalue weighted by Gasteiger charge is 2.46. The van der Waals surface area contributed by atoms with Crippen LogP contribution in [-0.2, 0) is 9.59 Å². The van der Waals surface area contributed by atoms with Crippen LogP contribution in [0.1, 0.15) is 12.8 Å². The van der Waals surface area contributed by atoms with Crippen LogP contribution >= 0.6 is 0 Å². The van der Waals surface area contributed by atoms with Gasteiger partial charge in [-0.25, -0.2) is 9.59 Å². The van der Waals surface area contributed by atoms with Gasteiger partial charge >= 0.3 is 11.9 Å². The van der Waals surface area contributed by atoms with E-state index in [1.165, 1.54) is 0 Å². The standard InChI is InChI=1S/C13H18N2O.C4H4O4/c1-3-12(16)13(7-5-8-14-10-13)11-6-4-9-15(11)2;5-3(6)1-2-4(7)8/h1,5,7-8,11-12,16H,4,6,9-10H2,2H3;1-2H,(H,5,6)(H,7,8)/b;2-1+. The highest BCUT2D eigenvalue weighted by atomic mass is 16.4. The summed E-state index contributed by atoms with van der Waals surface area (Å²) in [6.45, 7) is 1.66. The van der Waals surface area contributed by atoms with Gasteiger partial charge in [-0.15, -0.1) is 6.42 Å². The van der Waals surface area contributed by atoms with Crippen LogP contribution in [0.4, 0.5) is 0 Å². The average Bonchev–Trinajstić information content (AvgIpc) is 3.00. The number of rotatable bonds is 4. The third-order valence-corrected chi connectivity index (χ3v) is 4.14. The van der Waals surface area contributed by atoms with Crippen LogP contribution in [0, 0.1) is 17.8 Å². The van der Waals surface area contributed by atoms with Gasteiger partial charge in [-0.1, -0.05) is 12.0 Å². The van der Waals surface area contributed by atoms with Crippen molar-refractivity contribution in [1.82, 2.24) is 4.90 Å². The average molecular weight is 334 g/mol. The van der Waals surface area contributed by atoms with Gasteiger partial charge in [0.05, 0.1) is 12.0 Å². The van der Waals surface area contributed by atoms with Gasteiger partial charge < -0.3 is 20.2 Å². The van der Waals surface area contributed by atoms with Gasteiger partial charge in [0.2, 0.25) is 0 Å². The summed E-state index contributed by atoms with van der Waals surface area (Å²) in [7, 11) is 2.09. The molecule has 1 fully saturated rings. The lowest BCUT2D eigenvalue weighted by atomic mass is 9.73. The van der Waals surface area contributed by atoms with E-state index in [-0.39, 0.29) is 0 Å². The van der Waals surface area contributed by atoms with Crippen molar-refractivity contribution >= 4 is 18.2 Å². The minimum absolute atomic E-state index is 0.298. The first-order valence-electron chi connectivity index (χ1n) is 7.49. The molecule has 7 heteroatoms. The number of terminal acetylenes is 1. The number of aliphatic hydroxyl groups excluding tert-OH is 1. The summed E-state index contributed by atoms with van der Waals surface area (Å²) in [5, 5.41) is 25.7. The van der Waals surface area contributed by atoms with E-state index in [4.69, 9.17) is 16.6 Å². The van der Waals surface area contributed by atoms with Crippen molar-refractivity contribution in [3.8, 4) is 12.3 Å². The predicted octanol–water partition coefficient (Wildman–Crippen LogP) is 0.414. The van der Waals surface area contributed by atoms with Crippen LogP contribution in [0.2, 0.25) is 0 Å². The summed E-state index contributed by atoms with van der Waals surface area (Å²) < 4.78 is 0. The van der Waals surface area contributed by atoms with Crippen LogP contribution in [0.5, 0.6) is 0 Å². The SMILES string of the molecule is C#CC(O)C1(C2CCCN2C)C=CC=NC1.O=C(O)/C=C/C(=O)O. The van der Waals surface area contributed by atoms with Crippen molar-refractivity contribution in [3.63, 3.8) is 0 Å². The third kappa shape index (κ3) is 5.05. The Morgan fingerprint density at radius 2 is 2.04 bits per heavy atom. The Morgan fingerprint density at radius 3 is 2.42 bits per heavy atom. The number of dihydropyridines is 1. The summed E-state index contributed by atoms with van der Waals surface area (Å²) in [6, 6.07) is 0.298. The molecule has 2 heterocycles. The van der Waals surface area contributed by atoms with Gasteiger partial charge in [-0.05, 0) is 32.5 Å². The van der Waals surface area contributed by atoms with E-state index in [9.17, 15) is 14.7 Å². The second-order valence-corrected chi connectivity index (χ2v) is 5.68. The van der Waals surface area contributed by atoms with Crippen LogP contribution in [0.15, 0.2) is 29.3 Å². The fraction of sp³-hybridized carbons (Fsp3) is 0.471. The number of carboxylic acid groups (broad SMARTS) is 2. The van der Waals surface area contributed by atoms with Gasteiger partial charge in [0.1, 0.15) is 6.10 Å². The second kappa shape index (κ2) is 9.01. The van der Waals surface area contributed by atoms with Gasteiger partial charge in [0.25, 0.3) is 0 Å². The molecule has 2 rings (SSSR count). The molecule has 0 saturated carbocycles. The summed E-state index contributed by atoms with van der Waals surface area (Å²) >= 11 is 0. The minimum Gasteiger partial charge on any atom is -0.478 e. The van der Waals surface area contributed by atoms with Crippen molar-refractivity contribution in [2.75, 3.05) is 20.1 Å². The van der Waals surface area contributed by atoms with E-state index in [0.29, 0.717) is 24.7 Å². The smallest absolute Gasteiger partial charge is 0.328 e. The molecule has 7 nitrogen and oxygen atoms in total. The lowest BCUT2D eigenvalue weighted by molar-refractivity contribution is -0.134. The molecule has 130 valence electrons. The zero-order valence-corrected chi connectivity index (χ0v) is 13.5. The zero-order valence-electron chi connectivity index (χ0n) is 13.5. The molecule has 1 saturated heterocycles. The van der Waals surface area contributed by atoms with E-state index in [1.54, 1.807) is 6.21 Å². The first-order chi connectivity index (χ1) is 11.3. The molecule has 0 aromatic carbocycles. The Bertz CT molecular complexity index is 574. The Morgan fingerprint density at radius 1 is 1.42 bits per heavy atom. The number of hydrogen-bond acceptors (Lipinski definition) is 5. The first-order valence-corrected chi connectivity index (χ1v) is 7.49. The molecule has 0 aliphatic carbocycles. The largest absolute Gasteiger partial charge is 0.478 e. The molecule has 2 aliphatic heterocycles. The van der Waals surface area contributed by atoms with Gasteiger partial charge in [-0.3, -0.25) is 4.99 Å². The molecule has 3 atom stereocenters. The lowest BCUT2D eigenvalue weighted by Crippen LogP contribution is -2.51. The number of likely N-dealkylation sites (tertiary alicyclic amines) is 1. The maximum atomic E-state index is 10.1. The molecule has 3 unspecified atom stereocenters. The molecule has 0 amide bonds. The Balaban J connectivity index is 0.000000307. The highest BCUT2D eigenvalue weighted by Crippen LogP contribution is 2.38. The second-order valence-electron chi connectivity index (χ2n) is 5.68. The zero-order chi connectivity index (χ0) is 18.2. The first kappa shape index (κ1) is 19.6. The topological polar surface area (TPSA) is 110 Å². The summed E-state index contributed by atoms with van der Waals surface area (Å²) in [4.78, 5) is 25.7. The molecule has 24 heavy (non-hydrogen) atoms. The maximum Gasteiger partial charge on any atom is 0.328 e. The normalized spacial score (nSPS) is 27.3. The van der Waals surface area contributed by atoms with Crippen molar-refractivity contribution in [2.24, 2.45) is 10.4 Å². The number of aliphatic hydroxyl groups is 1. The highest BCUT2D eigenvalue weighted by molar-refractivity contribution is 5.89. The molecule has 3 N–H and O–H groups in total. The van der Waals surface area contributed by atoms with Crippen LogP contribution in [-0.4, -0.2) is 70.7 Å². The van der Waals surface area contributed by atoms with Crippen molar-refractivity contribution in [3.05, 3.63) is 24.3 Å². The van der Waals surface area contributed by atoms with Crippen molar-refractivity contribution in [1.29, 1.82) is 0 Å². The van der Waals surface area contributed by atoms with Crippen molar-refractivity contribution < 1.29 is 24.9 Å². The molecular formula is C17H22N2O5. The number of aliphatic carboxylic acids is 2. The van der Waals surface area contributed by atoms with Gasteiger partial charge in [0, 0.05) is 24.4 Å². The van der Waals surface area contributed by atoms with E-state index in [1.807, 2.05) is 12.2 Å². The van der Waals surface area contributed by atoms with Gasteiger partial charge in [-0.2, -0.15) is 0 Å². The molecule has 0 aromatic rings. The van der Waals surface area contributed by atoms with Gasteiger partial charge in [0.15, 0.2) is 0 Å². The molecule has 0 aromatic heterocycles. The molecule has 0 bridgehead atoms. The Labute approximate surface area is 141 Å². The molecule has 0 radical (unpaired) electrons. The fourth-order valence-electron chi connectivity index (χ4n) is 3.01. The van der Waals surface area contributed by atoms with E-state index in [2.05, 4.69) is 22.9 Å². The molecular weight excluding hydrogens is 312 g/mol. The minimum atomic E-state index is -1.26. The van der Waals surface area contributed by atoms with E-state index < -0.39 is 23.5 Å². The Kier molecular flexibility index (Phi) is 7.36. The number of nitrogens with zero attached hydrogens (tertiary/aromatic N) is 2. The summed E-state index contributed by atoms with van der Waals surface area (Å²) in [5.74, 6) is -0.0374. The number of carboxylic acids is 2. The predicted molar refractivity (Wildman–Crippen MR) is 89.8 cm³/mol. The summed E-state index contributed by atoms with van der Waals surface area (Å²) in [6.07, 6.45) is 13.7. The van der Waals surface area contributed by atoms with Crippen molar-refractivity contribution in [2.45, 2.75) is 25.0 Å². The van der Waals surface area contributed by atoms with Crippen LogP contribution in [0.3, 0.4) is 0 Å². The summed E-state index contributed by atoms with van der Waals surface area (Å²) in [5.41, 5.74) is -0.394. The molecule has 0 spiro atoms. The lowest BCUT2D eigenvalue weighted by Gasteiger charge is -2.41. The quantitative estimate of drug-likeness (QED) is 0.507. The van der Waals surface area contributed by atoms with E-state index in [0.717, 1.165) is 19.4 Å². The molecule has 2 aliphatic rings. The number of allylic oxidation sites excluding steroid dienone is 1. The Hall–Kier alpha value is -2.43.